The molecule has 0 aliphatic rings. The Labute approximate surface area is 106 Å². The number of rotatable bonds is 4. The Morgan fingerprint density at radius 2 is 2.11 bits per heavy atom. The van der Waals surface area contributed by atoms with E-state index in [-0.39, 0.29) is 5.78 Å². The molecular formula is C14H16N2O2. The molecule has 0 aliphatic heterocycles. The van der Waals surface area contributed by atoms with Crippen molar-refractivity contribution < 1.29 is 9.21 Å². The average Bonchev–Trinajstić information content (AvgIpc) is 2.74. The van der Waals surface area contributed by atoms with Crippen LogP contribution in [0.5, 0.6) is 0 Å². The number of hydrogen-bond acceptors (Lipinski definition) is 4. The summed E-state index contributed by atoms with van der Waals surface area (Å²) in [6.07, 6.45) is 0. The third-order valence-electron chi connectivity index (χ3n) is 2.70. The number of carbonyl (C=O) groups excluding carboxylic acids is 1. The second-order valence-corrected chi connectivity index (χ2v) is 4.22. The molecule has 0 amide bonds. The zero-order valence-corrected chi connectivity index (χ0v) is 10.5. The number of nitrogens with two attached hydrogens (primary N) is 1. The van der Waals surface area contributed by atoms with E-state index in [1.54, 1.807) is 12.1 Å². The molecule has 0 saturated carbocycles. The molecule has 4 nitrogen and oxygen atoms in total. The molecule has 0 radical (unpaired) electrons. The molecule has 4 heteroatoms. The number of ketones is 1. The van der Waals surface area contributed by atoms with Crippen LogP contribution in [0.4, 0.5) is 11.4 Å². The smallest absolute Gasteiger partial charge is 0.161 e. The minimum atomic E-state index is -0.0370. The second kappa shape index (κ2) is 4.96. The van der Waals surface area contributed by atoms with Crippen molar-refractivity contribution in [3.63, 3.8) is 0 Å². The highest BCUT2D eigenvalue weighted by molar-refractivity contribution is 5.99. The van der Waals surface area contributed by atoms with Crippen LogP contribution < -0.4 is 11.1 Å². The Morgan fingerprint density at radius 1 is 1.33 bits per heavy atom. The van der Waals surface area contributed by atoms with Gasteiger partial charge in [-0.3, -0.25) is 4.79 Å². The number of aryl methyl sites for hydroxylation is 1. The summed E-state index contributed by atoms with van der Waals surface area (Å²) in [5.41, 5.74) is 7.62. The summed E-state index contributed by atoms with van der Waals surface area (Å²) in [5, 5.41) is 3.20. The maximum Gasteiger partial charge on any atom is 0.161 e. The van der Waals surface area contributed by atoms with Crippen molar-refractivity contribution in [3.05, 3.63) is 47.4 Å². The predicted molar refractivity (Wildman–Crippen MR) is 71.6 cm³/mol. The first-order valence-electron chi connectivity index (χ1n) is 5.76. The SMILES string of the molecule is CC(=O)c1cc(NCc2ccc(C)o2)ccc1N. The summed E-state index contributed by atoms with van der Waals surface area (Å²) >= 11 is 0. The first kappa shape index (κ1) is 12.2. The van der Waals surface area contributed by atoms with Gasteiger partial charge in [-0.1, -0.05) is 0 Å². The molecular weight excluding hydrogens is 228 g/mol. The third-order valence-corrected chi connectivity index (χ3v) is 2.70. The zero-order valence-electron chi connectivity index (χ0n) is 10.5. The van der Waals surface area contributed by atoms with Crippen LogP contribution in [0.1, 0.15) is 28.8 Å². The maximum absolute atomic E-state index is 11.4. The summed E-state index contributed by atoms with van der Waals surface area (Å²) in [7, 11) is 0. The number of carbonyl (C=O) groups is 1. The fourth-order valence-corrected chi connectivity index (χ4v) is 1.74. The minimum Gasteiger partial charge on any atom is -0.465 e. The molecule has 0 spiro atoms. The quantitative estimate of drug-likeness (QED) is 0.641. The minimum absolute atomic E-state index is 0.0370. The zero-order chi connectivity index (χ0) is 13.1. The van der Waals surface area contributed by atoms with Crippen molar-refractivity contribution in [2.45, 2.75) is 20.4 Å². The van der Waals surface area contributed by atoms with E-state index >= 15 is 0 Å². The van der Waals surface area contributed by atoms with Gasteiger partial charge in [0.05, 0.1) is 6.54 Å². The van der Waals surface area contributed by atoms with Gasteiger partial charge in [-0.25, -0.2) is 0 Å². The van der Waals surface area contributed by atoms with Crippen molar-refractivity contribution in [3.8, 4) is 0 Å². The standard InChI is InChI=1S/C14H16N2O2/c1-9-3-5-12(18-9)8-16-11-4-6-14(15)13(7-11)10(2)17/h3-7,16H,8,15H2,1-2H3. The van der Waals surface area contributed by atoms with Crippen LogP contribution in [0.2, 0.25) is 0 Å². The topological polar surface area (TPSA) is 68.3 Å². The van der Waals surface area contributed by atoms with Gasteiger partial charge in [0.15, 0.2) is 5.78 Å². The van der Waals surface area contributed by atoms with Crippen molar-refractivity contribution in [1.29, 1.82) is 0 Å². The van der Waals surface area contributed by atoms with E-state index in [2.05, 4.69) is 5.32 Å². The van der Waals surface area contributed by atoms with Gasteiger partial charge in [0, 0.05) is 16.9 Å². The Morgan fingerprint density at radius 3 is 2.72 bits per heavy atom. The largest absolute Gasteiger partial charge is 0.465 e. The Kier molecular flexibility index (Phi) is 3.37. The van der Waals surface area contributed by atoms with Crippen LogP contribution in [0.15, 0.2) is 34.7 Å². The lowest BCUT2D eigenvalue weighted by Gasteiger charge is -2.08. The fourth-order valence-electron chi connectivity index (χ4n) is 1.74. The molecule has 0 atom stereocenters. The summed E-state index contributed by atoms with van der Waals surface area (Å²) in [4.78, 5) is 11.4. The van der Waals surface area contributed by atoms with Gasteiger partial charge >= 0.3 is 0 Å². The van der Waals surface area contributed by atoms with E-state index < -0.39 is 0 Å². The fraction of sp³-hybridized carbons (Fsp3) is 0.214. The highest BCUT2D eigenvalue weighted by Crippen LogP contribution is 2.19. The number of benzene rings is 1. The van der Waals surface area contributed by atoms with Crippen LogP contribution >= 0.6 is 0 Å². The monoisotopic (exact) mass is 244 g/mol. The molecule has 3 N–H and O–H groups in total. The first-order chi connectivity index (χ1) is 8.56. The van der Waals surface area contributed by atoms with Gasteiger partial charge < -0.3 is 15.5 Å². The van der Waals surface area contributed by atoms with Crippen molar-refractivity contribution in [2.75, 3.05) is 11.1 Å². The average molecular weight is 244 g/mol. The van der Waals surface area contributed by atoms with Gasteiger partial charge in [0.1, 0.15) is 11.5 Å². The molecule has 18 heavy (non-hydrogen) atoms. The van der Waals surface area contributed by atoms with Gasteiger partial charge in [0.2, 0.25) is 0 Å². The molecule has 1 heterocycles. The Balaban J connectivity index is 2.10. The summed E-state index contributed by atoms with van der Waals surface area (Å²) < 4.78 is 5.45. The van der Waals surface area contributed by atoms with Crippen LogP contribution in [0, 0.1) is 6.92 Å². The van der Waals surface area contributed by atoms with Gasteiger partial charge in [-0.2, -0.15) is 0 Å². The maximum atomic E-state index is 11.4. The van der Waals surface area contributed by atoms with E-state index in [4.69, 9.17) is 10.2 Å². The lowest BCUT2D eigenvalue weighted by molar-refractivity contribution is 0.101. The van der Waals surface area contributed by atoms with Gasteiger partial charge in [-0.05, 0) is 44.2 Å². The Bertz CT molecular complexity index is 573. The number of hydrogen-bond donors (Lipinski definition) is 2. The molecule has 2 aromatic rings. The predicted octanol–water partition coefficient (Wildman–Crippen LogP) is 2.98. The van der Waals surface area contributed by atoms with Crippen LogP contribution in [-0.2, 0) is 6.54 Å². The highest BCUT2D eigenvalue weighted by Gasteiger charge is 2.06. The summed E-state index contributed by atoms with van der Waals surface area (Å²) in [6, 6.07) is 9.17. The highest BCUT2D eigenvalue weighted by atomic mass is 16.3. The van der Waals surface area contributed by atoms with Crippen molar-refractivity contribution >= 4 is 17.2 Å². The number of anilines is 2. The summed E-state index contributed by atoms with van der Waals surface area (Å²) in [6.45, 7) is 3.99. The normalized spacial score (nSPS) is 10.3. The number of nitrogens with one attached hydrogen (secondary N) is 1. The molecule has 0 bridgehead atoms. The molecule has 94 valence electrons. The van der Waals surface area contributed by atoms with Crippen LogP contribution in [0.3, 0.4) is 0 Å². The lowest BCUT2D eigenvalue weighted by Crippen LogP contribution is -2.03. The van der Waals surface area contributed by atoms with Gasteiger partial charge in [0.25, 0.3) is 0 Å². The molecule has 2 rings (SSSR count). The Hall–Kier alpha value is -2.23. The third kappa shape index (κ3) is 2.71. The molecule has 1 aromatic heterocycles. The molecule has 0 fully saturated rings. The van der Waals surface area contributed by atoms with E-state index in [1.807, 2.05) is 25.1 Å². The van der Waals surface area contributed by atoms with E-state index in [0.29, 0.717) is 17.8 Å². The molecule has 0 aliphatic carbocycles. The second-order valence-electron chi connectivity index (χ2n) is 4.22. The molecule has 0 unspecified atom stereocenters. The molecule has 1 aromatic carbocycles. The number of furan rings is 1. The van der Waals surface area contributed by atoms with E-state index in [0.717, 1.165) is 17.2 Å². The lowest BCUT2D eigenvalue weighted by atomic mass is 10.1. The van der Waals surface area contributed by atoms with E-state index in [9.17, 15) is 4.79 Å². The first-order valence-corrected chi connectivity index (χ1v) is 5.76. The van der Waals surface area contributed by atoms with Crippen molar-refractivity contribution in [2.24, 2.45) is 0 Å². The van der Waals surface area contributed by atoms with Crippen LogP contribution in [0.25, 0.3) is 0 Å². The van der Waals surface area contributed by atoms with Crippen molar-refractivity contribution in [1.82, 2.24) is 0 Å². The summed E-state index contributed by atoms with van der Waals surface area (Å²) in [5.74, 6) is 1.70. The number of nitrogen functional groups attached to an aromatic ring is 1. The van der Waals surface area contributed by atoms with Gasteiger partial charge in [-0.15, -0.1) is 0 Å². The molecule has 0 saturated heterocycles. The number of Topliss-reactive ketones (excluding diaryl/α,β-unsaturated/α-hetero) is 1. The van der Waals surface area contributed by atoms with E-state index in [1.165, 1.54) is 6.92 Å². The van der Waals surface area contributed by atoms with Crippen LogP contribution in [-0.4, -0.2) is 5.78 Å².